The van der Waals surface area contributed by atoms with E-state index in [9.17, 15) is 17.6 Å². The molecular weight excluding hydrogens is 359 g/mol. The molecule has 26 heavy (non-hydrogen) atoms. The molecule has 2 aromatic rings. The van der Waals surface area contributed by atoms with Crippen LogP contribution in [0.4, 0.5) is 10.1 Å². The predicted octanol–water partition coefficient (Wildman–Crippen LogP) is 1.96. The van der Waals surface area contributed by atoms with Crippen molar-refractivity contribution in [1.29, 1.82) is 0 Å². The summed E-state index contributed by atoms with van der Waals surface area (Å²) >= 11 is 0. The largest absolute Gasteiger partial charge is 0.492 e. The molecule has 6 nitrogen and oxygen atoms in total. The number of ether oxygens (including phenoxy) is 1. The summed E-state index contributed by atoms with van der Waals surface area (Å²) in [6.45, 7) is 0.866. The summed E-state index contributed by atoms with van der Waals surface area (Å²) in [4.78, 5) is 12.2. The van der Waals surface area contributed by atoms with E-state index in [1.807, 2.05) is 0 Å². The summed E-state index contributed by atoms with van der Waals surface area (Å²) in [6.07, 6.45) is 1.74. The van der Waals surface area contributed by atoms with E-state index in [1.54, 1.807) is 30.3 Å². The molecule has 0 spiro atoms. The van der Waals surface area contributed by atoms with E-state index >= 15 is 0 Å². The Bertz CT molecular complexity index is 931. The topological polar surface area (TPSA) is 75.7 Å². The third-order valence-electron chi connectivity index (χ3n) is 4.05. The first kappa shape index (κ1) is 18.2. The van der Waals surface area contributed by atoms with Crippen molar-refractivity contribution < 1.29 is 22.3 Å². The van der Waals surface area contributed by atoms with Crippen LogP contribution < -0.4 is 14.4 Å². The van der Waals surface area contributed by atoms with Gasteiger partial charge in [0, 0.05) is 18.2 Å². The minimum absolute atomic E-state index is 0.210. The van der Waals surface area contributed by atoms with Gasteiger partial charge in [-0.2, -0.15) is 0 Å². The third-order valence-corrected chi connectivity index (χ3v) is 5.23. The van der Waals surface area contributed by atoms with Crippen LogP contribution in [0.5, 0.6) is 5.75 Å². The van der Waals surface area contributed by atoms with Gasteiger partial charge in [0.15, 0.2) is 0 Å². The molecule has 0 atom stereocenters. The molecule has 138 valence electrons. The van der Waals surface area contributed by atoms with Crippen molar-refractivity contribution in [3.63, 3.8) is 0 Å². The van der Waals surface area contributed by atoms with Gasteiger partial charge >= 0.3 is 0 Å². The van der Waals surface area contributed by atoms with Crippen LogP contribution >= 0.6 is 0 Å². The molecule has 2 aromatic carbocycles. The van der Waals surface area contributed by atoms with Crippen LogP contribution in [0.1, 0.15) is 15.9 Å². The Kier molecular flexibility index (Phi) is 5.13. The Hall–Kier alpha value is -2.61. The summed E-state index contributed by atoms with van der Waals surface area (Å²) in [6, 6.07) is 10.8. The number of rotatable bonds is 6. The Labute approximate surface area is 151 Å². The third kappa shape index (κ3) is 4.13. The van der Waals surface area contributed by atoms with Gasteiger partial charge in [-0.3, -0.25) is 9.10 Å². The quantitative estimate of drug-likeness (QED) is 0.780. The van der Waals surface area contributed by atoms with Gasteiger partial charge in [-0.15, -0.1) is 0 Å². The van der Waals surface area contributed by atoms with Gasteiger partial charge in [-0.25, -0.2) is 12.8 Å². The minimum Gasteiger partial charge on any atom is -0.492 e. The molecule has 0 aliphatic carbocycles. The van der Waals surface area contributed by atoms with E-state index < -0.39 is 10.0 Å². The summed E-state index contributed by atoms with van der Waals surface area (Å²) in [7, 11) is -3.31. The second kappa shape index (κ2) is 7.33. The lowest BCUT2D eigenvalue weighted by Crippen LogP contribution is -2.28. The molecule has 1 amide bonds. The van der Waals surface area contributed by atoms with Crippen LogP contribution in [0.3, 0.4) is 0 Å². The van der Waals surface area contributed by atoms with Crippen LogP contribution in [0.25, 0.3) is 0 Å². The normalized spacial score (nSPS) is 13.4. The van der Waals surface area contributed by atoms with E-state index in [1.165, 1.54) is 22.7 Å². The monoisotopic (exact) mass is 378 g/mol. The fraction of sp³-hybridized carbons (Fsp3) is 0.278. The average Bonchev–Trinajstić information content (AvgIpc) is 3.02. The van der Waals surface area contributed by atoms with Gasteiger partial charge in [0.1, 0.15) is 18.2 Å². The van der Waals surface area contributed by atoms with Crippen LogP contribution in [0, 0.1) is 5.82 Å². The highest BCUT2D eigenvalue weighted by Crippen LogP contribution is 2.30. The number of hydrogen-bond donors (Lipinski definition) is 1. The summed E-state index contributed by atoms with van der Waals surface area (Å²) in [5.74, 6) is -0.251. The number of carbonyl (C=O) groups excluding carboxylic acids is 1. The standard InChI is InChI=1S/C18H19FN2O4S/c1-26(23,24)21-9-7-13-11-14(5-6-17(13)21)18(22)20-8-10-25-16-4-2-3-15(19)12-16/h2-6,11-12H,7-10H2,1H3,(H,20,22). The molecule has 0 saturated heterocycles. The van der Waals surface area contributed by atoms with Crippen molar-refractivity contribution in [3.05, 3.63) is 59.4 Å². The van der Waals surface area contributed by atoms with Gasteiger partial charge in [0.2, 0.25) is 10.0 Å². The zero-order valence-corrected chi connectivity index (χ0v) is 15.1. The lowest BCUT2D eigenvalue weighted by Gasteiger charge is -2.16. The molecule has 0 bridgehead atoms. The molecule has 0 unspecified atom stereocenters. The van der Waals surface area contributed by atoms with Crippen molar-refractivity contribution in [2.75, 3.05) is 30.3 Å². The number of sulfonamides is 1. The van der Waals surface area contributed by atoms with E-state index in [4.69, 9.17) is 4.74 Å². The predicted molar refractivity (Wildman–Crippen MR) is 96.6 cm³/mol. The number of nitrogens with one attached hydrogen (secondary N) is 1. The SMILES string of the molecule is CS(=O)(=O)N1CCc2cc(C(=O)NCCOc3cccc(F)c3)ccc21. The Balaban J connectivity index is 1.56. The minimum atomic E-state index is -3.31. The van der Waals surface area contributed by atoms with E-state index in [-0.39, 0.29) is 24.9 Å². The van der Waals surface area contributed by atoms with Crippen molar-refractivity contribution in [2.24, 2.45) is 0 Å². The van der Waals surface area contributed by atoms with Gasteiger partial charge < -0.3 is 10.1 Å². The molecule has 1 N–H and O–H groups in total. The van der Waals surface area contributed by atoms with Crippen LogP contribution in [0.2, 0.25) is 0 Å². The molecule has 3 rings (SSSR count). The maximum atomic E-state index is 13.0. The molecule has 0 radical (unpaired) electrons. The smallest absolute Gasteiger partial charge is 0.251 e. The molecular formula is C18H19FN2O4S. The average molecular weight is 378 g/mol. The molecule has 0 saturated carbocycles. The lowest BCUT2D eigenvalue weighted by atomic mass is 10.1. The Morgan fingerprint density at radius 1 is 1.27 bits per heavy atom. The fourth-order valence-electron chi connectivity index (χ4n) is 2.85. The van der Waals surface area contributed by atoms with Gasteiger partial charge in [0.05, 0.1) is 18.5 Å². The van der Waals surface area contributed by atoms with Crippen LogP contribution in [-0.4, -0.2) is 40.3 Å². The first-order valence-corrected chi connectivity index (χ1v) is 9.96. The second-order valence-corrected chi connectivity index (χ2v) is 7.90. The molecule has 1 aliphatic rings. The van der Waals surface area contributed by atoms with E-state index in [0.717, 1.165) is 5.56 Å². The van der Waals surface area contributed by atoms with Gasteiger partial charge in [-0.05, 0) is 42.3 Å². The highest BCUT2D eigenvalue weighted by Gasteiger charge is 2.26. The summed E-state index contributed by atoms with van der Waals surface area (Å²) in [5, 5.41) is 2.73. The van der Waals surface area contributed by atoms with E-state index in [2.05, 4.69) is 5.32 Å². The number of carbonyl (C=O) groups is 1. The van der Waals surface area contributed by atoms with Crippen LogP contribution in [0.15, 0.2) is 42.5 Å². The zero-order valence-electron chi connectivity index (χ0n) is 14.2. The number of nitrogens with zero attached hydrogens (tertiary/aromatic N) is 1. The van der Waals surface area contributed by atoms with Crippen molar-refractivity contribution in [3.8, 4) is 5.75 Å². The summed E-state index contributed by atoms with van der Waals surface area (Å²) < 4.78 is 43.2. The lowest BCUT2D eigenvalue weighted by molar-refractivity contribution is 0.0947. The van der Waals surface area contributed by atoms with Gasteiger partial charge in [-0.1, -0.05) is 6.07 Å². The first-order valence-electron chi connectivity index (χ1n) is 8.12. The molecule has 0 fully saturated rings. The first-order chi connectivity index (χ1) is 12.3. The molecule has 1 heterocycles. The maximum absolute atomic E-state index is 13.0. The number of benzene rings is 2. The highest BCUT2D eigenvalue weighted by atomic mass is 32.2. The fourth-order valence-corrected chi connectivity index (χ4v) is 3.81. The molecule has 0 aromatic heterocycles. The maximum Gasteiger partial charge on any atom is 0.251 e. The van der Waals surface area contributed by atoms with Crippen LogP contribution in [-0.2, 0) is 16.4 Å². The number of halogens is 1. The number of amides is 1. The number of hydrogen-bond acceptors (Lipinski definition) is 4. The second-order valence-electron chi connectivity index (χ2n) is 5.99. The molecule has 8 heteroatoms. The van der Waals surface area contributed by atoms with E-state index in [0.29, 0.717) is 30.0 Å². The molecule has 1 aliphatic heterocycles. The highest BCUT2D eigenvalue weighted by molar-refractivity contribution is 7.92. The summed E-state index contributed by atoms with van der Waals surface area (Å²) in [5.41, 5.74) is 1.92. The van der Waals surface area contributed by atoms with Crippen molar-refractivity contribution in [2.45, 2.75) is 6.42 Å². The number of anilines is 1. The van der Waals surface area contributed by atoms with Gasteiger partial charge in [0.25, 0.3) is 5.91 Å². The Morgan fingerprint density at radius 3 is 2.81 bits per heavy atom. The van der Waals surface area contributed by atoms with Crippen molar-refractivity contribution >= 4 is 21.6 Å². The Morgan fingerprint density at radius 2 is 2.08 bits per heavy atom. The zero-order chi connectivity index (χ0) is 18.7. The number of fused-ring (bicyclic) bond motifs is 1. The van der Waals surface area contributed by atoms with Crippen molar-refractivity contribution in [1.82, 2.24) is 5.32 Å².